The number of carbonyl (C=O) groups is 5. The third-order valence-corrected chi connectivity index (χ3v) is 10.6. The first-order chi connectivity index (χ1) is 22.9. The van der Waals surface area contributed by atoms with E-state index in [2.05, 4.69) is 28.1 Å². The van der Waals surface area contributed by atoms with E-state index in [9.17, 15) is 24.0 Å². The van der Waals surface area contributed by atoms with Crippen molar-refractivity contribution < 1.29 is 28.7 Å². The minimum absolute atomic E-state index is 0.0613. The average molecular weight is 679 g/mol. The van der Waals surface area contributed by atoms with Crippen molar-refractivity contribution in [1.29, 1.82) is 0 Å². The van der Waals surface area contributed by atoms with Crippen molar-refractivity contribution in [3.05, 3.63) is 69.7 Å². The van der Waals surface area contributed by atoms with Crippen LogP contribution in [0, 0.1) is 11.8 Å². The monoisotopic (exact) mass is 678 g/mol. The zero-order chi connectivity index (χ0) is 34.4. The van der Waals surface area contributed by atoms with Gasteiger partial charge in [0.1, 0.15) is 12.1 Å². The largest absolute Gasteiger partial charge is 0.440 e. The summed E-state index contributed by atoms with van der Waals surface area (Å²) in [5.41, 5.74) is 8.87. The van der Waals surface area contributed by atoms with Crippen molar-refractivity contribution in [2.24, 2.45) is 17.6 Å². The molecule has 5 N–H and O–H groups in total. The van der Waals surface area contributed by atoms with Gasteiger partial charge in [-0.05, 0) is 78.8 Å². The molecule has 2 aromatic rings. The molecule has 11 heteroatoms. The number of halogens is 1. The Morgan fingerprint density at radius 1 is 0.938 bits per heavy atom. The summed E-state index contributed by atoms with van der Waals surface area (Å²) in [5, 5.41) is 8.76. The molecule has 1 heterocycles. The normalized spacial score (nSPS) is 19.8. The van der Waals surface area contributed by atoms with Gasteiger partial charge in [-0.25, -0.2) is 4.79 Å². The molecule has 2 fully saturated rings. The van der Waals surface area contributed by atoms with E-state index in [1.165, 1.54) is 11.1 Å². The number of nitrogens with two attached hydrogens (primary N) is 1. The molecule has 0 aromatic heterocycles. The summed E-state index contributed by atoms with van der Waals surface area (Å²) in [6.07, 6.45) is 7.26. The van der Waals surface area contributed by atoms with Crippen LogP contribution in [0.4, 0.5) is 4.79 Å². The second-order valence-electron chi connectivity index (χ2n) is 14.1. The van der Waals surface area contributed by atoms with Crippen molar-refractivity contribution in [2.45, 2.75) is 108 Å². The molecular formula is C37H47ClN4O6. The van der Waals surface area contributed by atoms with Crippen LogP contribution >= 0.6 is 11.6 Å². The fourth-order valence-corrected chi connectivity index (χ4v) is 7.72. The topological polar surface area (TPSA) is 157 Å². The van der Waals surface area contributed by atoms with Crippen LogP contribution in [-0.4, -0.2) is 48.2 Å². The summed E-state index contributed by atoms with van der Waals surface area (Å²) in [6, 6.07) is 11.3. The number of rotatable bonds is 13. The standard InChI is InChI=1S/C37H47ClN4O6/c1-37(2,27-12-7-13-28(38)21-27)32(25-15-14-23-10-6-11-24(23)19-25)48-36(47)42-30(18-22-8-4-3-5-9-22)35(46)41-29(31(43)33(39)44)20-26-16-17-40-34(26)45/h7,12-15,19,21-22,26,29-30,32H,3-6,8-11,16-18,20H2,1-2H3,(H2,39,44)(H,40,45)(H,41,46)(H,42,47)/t26-,29?,30?,32?/m0/s1. The molecular weight excluding hydrogens is 632 g/mol. The number of nitrogens with one attached hydrogen (secondary N) is 3. The molecule has 3 unspecified atom stereocenters. The number of ether oxygens (including phenoxy) is 1. The number of hydrogen-bond acceptors (Lipinski definition) is 6. The van der Waals surface area contributed by atoms with Crippen LogP contribution < -0.4 is 21.7 Å². The van der Waals surface area contributed by atoms with E-state index in [1.54, 1.807) is 6.07 Å². The Hall–Kier alpha value is -3.92. The first kappa shape index (κ1) is 35.4. The predicted octanol–water partition coefficient (Wildman–Crippen LogP) is 4.98. The van der Waals surface area contributed by atoms with Gasteiger partial charge >= 0.3 is 6.09 Å². The Morgan fingerprint density at radius 2 is 1.69 bits per heavy atom. The second kappa shape index (κ2) is 15.5. The maximum Gasteiger partial charge on any atom is 0.408 e. The summed E-state index contributed by atoms with van der Waals surface area (Å²) in [7, 11) is 0. The molecule has 0 spiro atoms. The molecule has 10 nitrogen and oxygen atoms in total. The molecule has 4 atom stereocenters. The van der Waals surface area contributed by atoms with E-state index in [0.29, 0.717) is 24.4 Å². The minimum atomic E-state index is -1.29. The average Bonchev–Trinajstić information content (AvgIpc) is 3.71. The Bertz CT molecular complexity index is 1540. The zero-order valence-corrected chi connectivity index (χ0v) is 28.6. The molecule has 5 rings (SSSR count). The van der Waals surface area contributed by atoms with Crippen LogP contribution in [0.5, 0.6) is 0 Å². The lowest BCUT2D eigenvalue weighted by Crippen LogP contribution is -2.54. The van der Waals surface area contributed by atoms with Crippen LogP contribution in [0.15, 0.2) is 42.5 Å². The van der Waals surface area contributed by atoms with E-state index < -0.39 is 53.2 Å². The van der Waals surface area contributed by atoms with Crippen molar-refractivity contribution in [3.63, 3.8) is 0 Å². The van der Waals surface area contributed by atoms with Gasteiger partial charge in [-0.3, -0.25) is 19.2 Å². The van der Waals surface area contributed by atoms with E-state index in [-0.39, 0.29) is 18.2 Å². The van der Waals surface area contributed by atoms with Gasteiger partial charge in [0.2, 0.25) is 17.6 Å². The number of aryl methyl sites for hydroxylation is 2. The van der Waals surface area contributed by atoms with E-state index in [4.69, 9.17) is 22.1 Å². The van der Waals surface area contributed by atoms with Gasteiger partial charge < -0.3 is 26.4 Å². The maximum atomic E-state index is 13.9. The van der Waals surface area contributed by atoms with Gasteiger partial charge in [0.15, 0.2) is 0 Å². The number of carbonyl (C=O) groups excluding carboxylic acids is 5. The highest BCUT2D eigenvalue weighted by molar-refractivity contribution is 6.38. The summed E-state index contributed by atoms with van der Waals surface area (Å²) < 4.78 is 6.27. The van der Waals surface area contributed by atoms with Gasteiger partial charge in [0, 0.05) is 22.9 Å². The molecule has 1 saturated heterocycles. The molecule has 0 bridgehead atoms. The number of fused-ring (bicyclic) bond motifs is 1. The van der Waals surface area contributed by atoms with Gasteiger partial charge in [-0.15, -0.1) is 0 Å². The van der Waals surface area contributed by atoms with Gasteiger partial charge in [-0.2, -0.15) is 0 Å². The Kier molecular flexibility index (Phi) is 11.5. The third kappa shape index (κ3) is 8.56. The van der Waals surface area contributed by atoms with Gasteiger partial charge in [-0.1, -0.05) is 87.9 Å². The van der Waals surface area contributed by atoms with Crippen molar-refractivity contribution in [2.75, 3.05) is 6.54 Å². The Balaban J connectivity index is 1.40. The van der Waals surface area contributed by atoms with Gasteiger partial charge in [0.05, 0.1) is 6.04 Å². The minimum Gasteiger partial charge on any atom is -0.440 e. The molecule has 4 amide bonds. The van der Waals surface area contributed by atoms with Crippen molar-refractivity contribution in [3.8, 4) is 0 Å². The first-order valence-electron chi connectivity index (χ1n) is 17.2. The SMILES string of the molecule is CC(C)(c1cccc(Cl)c1)C(OC(=O)NC(CC1CCCCC1)C(=O)NC(C[C@@H]1CCNC1=O)C(=O)C(N)=O)c1ccc2c(c1)CCC2. The highest BCUT2D eigenvalue weighted by Gasteiger charge is 2.39. The van der Waals surface area contributed by atoms with E-state index in [0.717, 1.165) is 62.5 Å². The van der Waals surface area contributed by atoms with E-state index in [1.807, 2.05) is 38.1 Å². The fraction of sp³-hybridized carbons (Fsp3) is 0.541. The Labute approximate surface area is 287 Å². The summed E-state index contributed by atoms with van der Waals surface area (Å²) in [6.45, 7) is 4.44. The molecule has 0 radical (unpaired) electrons. The lowest BCUT2D eigenvalue weighted by Gasteiger charge is -2.36. The third-order valence-electron chi connectivity index (χ3n) is 10.3. The highest BCUT2D eigenvalue weighted by atomic mass is 35.5. The molecule has 1 saturated carbocycles. The predicted molar refractivity (Wildman–Crippen MR) is 182 cm³/mol. The smallest absolute Gasteiger partial charge is 0.408 e. The van der Waals surface area contributed by atoms with Crippen LogP contribution in [0.3, 0.4) is 0 Å². The summed E-state index contributed by atoms with van der Waals surface area (Å²) in [5.74, 6) is -3.42. The molecule has 2 aliphatic carbocycles. The van der Waals surface area contributed by atoms with Crippen LogP contribution in [-0.2, 0) is 42.2 Å². The number of amides is 4. The zero-order valence-electron chi connectivity index (χ0n) is 27.8. The first-order valence-corrected chi connectivity index (χ1v) is 17.6. The summed E-state index contributed by atoms with van der Waals surface area (Å²) in [4.78, 5) is 64.8. The highest BCUT2D eigenvalue weighted by Crippen LogP contribution is 2.42. The second-order valence-corrected chi connectivity index (χ2v) is 14.6. The van der Waals surface area contributed by atoms with Crippen LogP contribution in [0.1, 0.15) is 100.0 Å². The number of primary amides is 1. The quantitative estimate of drug-likeness (QED) is 0.219. The Morgan fingerprint density at radius 3 is 2.38 bits per heavy atom. The molecule has 48 heavy (non-hydrogen) atoms. The summed E-state index contributed by atoms with van der Waals surface area (Å²) >= 11 is 6.39. The van der Waals surface area contributed by atoms with Crippen LogP contribution in [0.25, 0.3) is 0 Å². The molecule has 1 aliphatic heterocycles. The van der Waals surface area contributed by atoms with Gasteiger partial charge in [0.25, 0.3) is 5.91 Å². The number of Topliss-reactive ketones (excluding diaryl/α,β-unsaturated/α-hetero) is 1. The lowest BCUT2D eigenvalue weighted by atomic mass is 9.76. The maximum absolute atomic E-state index is 13.9. The number of benzene rings is 2. The number of alkyl carbamates (subject to hydrolysis) is 1. The van der Waals surface area contributed by atoms with Crippen molar-refractivity contribution in [1.82, 2.24) is 16.0 Å². The number of hydrogen-bond donors (Lipinski definition) is 4. The number of ketones is 1. The lowest BCUT2D eigenvalue weighted by molar-refractivity contribution is -0.139. The van der Waals surface area contributed by atoms with Crippen LogP contribution in [0.2, 0.25) is 5.02 Å². The fourth-order valence-electron chi connectivity index (χ4n) is 7.53. The molecule has 258 valence electrons. The van der Waals surface area contributed by atoms with E-state index >= 15 is 0 Å². The molecule has 3 aliphatic rings. The molecule has 2 aromatic carbocycles. The van der Waals surface area contributed by atoms with Crippen molar-refractivity contribution >= 4 is 41.2 Å².